The van der Waals surface area contributed by atoms with Gasteiger partial charge in [-0.3, -0.25) is 14.5 Å². The van der Waals surface area contributed by atoms with Crippen LogP contribution in [0.5, 0.6) is 5.75 Å². The highest BCUT2D eigenvalue weighted by molar-refractivity contribution is 5.78. The number of nitrogens with zero attached hydrogens (tertiary/aromatic N) is 2. The number of ether oxygens (including phenoxy) is 2. The summed E-state index contributed by atoms with van der Waals surface area (Å²) in [5.41, 5.74) is 1.06. The lowest BCUT2D eigenvalue weighted by molar-refractivity contribution is -0.129. The second-order valence-corrected chi connectivity index (χ2v) is 6.62. The third kappa shape index (κ3) is 7.56. The molecule has 27 heavy (non-hydrogen) atoms. The Kier molecular flexibility index (Phi) is 9.07. The van der Waals surface area contributed by atoms with E-state index in [-0.39, 0.29) is 11.8 Å². The van der Waals surface area contributed by atoms with Crippen molar-refractivity contribution in [3.05, 3.63) is 29.8 Å². The molecule has 0 aromatic heterocycles. The molecule has 7 nitrogen and oxygen atoms in total. The van der Waals surface area contributed by atoms with Crippen LogP contribution in [0.15, 0.2) is 24.3 Å². The minimum Gasteiger partial charge on any atom is -0.496 e. The van der Waals surface area contributed by atoms with Gasteiger partial charge in [-0.25, -0.2) is 0 Å². The summed E-state index contributed by atoms with van der Waals surface area (Å²) in [7, 11) is 1.64. The van der Waals surface area contributed by atoms with Crippen molar-refractivity contribution < 1.29 is 19.1 Å². The molecule has 0 bridgehead atoms. The van der Waals surface area contributed by atoms with Gasteiger partial charge in [-0.1, -0.05) is 18.2 Å². The van der Waals surface area contributed by atoms with E-state index in [1.807, 2.05) is 24.3 Å². The molecule has 7 heteroatoms. The minimum absolute atomic E-state index is 0.0215. The van der Waals surface area contributed by atoms with Gasteiger partial charge in [0.1, 0.15) is 5.75 Å². The summed E-state index contributed by atoms with van der Waals surface area (Å²) < 4.78 is 10.7. The quantitative estimate of drug-likeness (QED) is 0.657. The van der Waals surface area contributed by atoms with Crippen LogP contribution in [0.4, 0.5) is 0 Å². The first kappa shape index (κ1) is 21.2. The Morgan fingerprint density at radius 2 is 1.96 bits per heavy atom. The van der Waals surface area contributed by atoms with Crippen molar-refractivity contribution in [2.75, 3.05) is 59.6 Å². The highest BCUT2D eigenvalue weighted by Gasteiger charge is 2.13. The van der Waals surface area contributed by atoms with E-state index < -0.39 is 0 Å². The zero-order valence-corrected chi connectivity index (χ0v) is 16.4. The fourth-order valence-corrected chi connectivity index (χ4v) is 3.09. The number of nitrogens with one attached hydrogen (secondary N) is 1. The van der Waals surface area contributed by atoms with Gasteiger partial charge in [0.05, 0.1) is 20.3 Å². The topological polar surface area (TPSA) is 71.1 Å². The van der Waals surface area contributed by atoms with E-state index in [0.717, 1.165) is 44.2 Å². The molecule has 0 unspecified atom stereocenters. The Labute approximate surface area is 161 Å². The lowest BCUT2D eigenvalue weighted by Crippen LogP contribution is -2.42. The van der Waals surface area contributed by atoms with Crippen molar-refractivity contribution in [2.24, 2.45) is 0 Å². The summed E-state index contributed by atoms with van der Waals surface area (Å²) in [6.45, 7) is 7.33. The number of amides is 2. The third-order valence-electron chi connectivity index (χ3n) is 4.75. The number of hydrogen-bond donors (Lipinski definition) is 1. The normalized spacial score (nSPS) is 14.6. The van der Waals surface area contributed by atoms with Gasteiger partial charge in [-0.15, -0.1) is 0 Å². The zero-order valence-electron chi connectivity index (χ0n) is 16.4. The van der Waals surface area contributed by atoms with E-state index in [9.17, 15) is 9.59 Å². The zero-order chi connectivity index (χ0) is 19.5. The summed E-state index contributed by atoms with van der Waals surface area (Å²) in [6.07, 6.45) is 1.01. The average Bonchev–Trinajstić information content (AvgIpc) is 2.68. The number of benzene rings is 1. The first-order valence-corrected chi connectivity index (χ1v) is 9.54. The molecule has 1 heterocycles. The molecule has 0 radical (unpaired) electrons. The van der Waals surface area contributed by atoms with Gasteiger partial charge < -0.3 is 19.7 Å². The largest absolute Gasteiger partial charge is 0.496 e. The number of morpholine rings is 1. The van der Waals surface area contributed by atoms with Crippen LogP contribution in [0, 0.1) is 0 Å². The molecule has 2 rings (SSSR count). The van der Waals surface area contributed by atoms with Gasteiger partial charge in [0.2, 0.25) is 11.8 Å². The van der Waals surface area contributed by atoms with Crippen molar-refractivity contribution in [2.45, 2.75) is 19.8 Å². The summed E-state index contributed by atoms with van der Waals surface area (Å²) >= 11 is 0. The fraction of sp³-hybridized carbons (Fsp3) is 0.600. The Morgan fingerprint density at radius 1 is 1.22 bits per heavy atom. The van der Waals surface area contributed by atoms with Crippen LogP contribution in [0.25, 0.3) is 0 Å². The maximum absolute atomic E-state index is 12.1. The van der Waals surface area contributed by atoms with Crippen LogP contribution in [0.3, 0.4) is 0 Å². The second kappa shape index (κ2) is 11.6. The van der Waals surface area contributed by atoms with Crippen LogP contribution in [-0.2, 0) is 20.7 Å². The Hall–Kier alpha value is -2.12. The highest BCUT2D eigenvalue weighted by Crippen LogP contribution is 2.18. The van der Waals surface area contributed by atoms with E-state index in [4.69, 9.17) is 9.47 Å². The van der Waals surface area contributed by atoms with Crippen LogP contribution in [0.2, 0.25) is 0 Å². The molecule has 150 valence electrons. The molecule has 0 aliphatic carbocycles. The molecular weight excluding hydrogens is 346 g/mol. The fourth-order valence-electron chi connectivity index (χ4n) is 3.09. The average molecular weight is 377 g/mol. The van der Waals surface area contributed by atoms with Gasteiger partial charge in [-0.05, 0) is 18.1 Å². The van der Waals surface area contributed by atoms with Gasteiger partial charge >= 0.3 is 0 Å². The molecule has 1 aliphatic rings. The third-order valence-corrected chi connectivity index (χ3v) is 4.75. The standard InChI is InChI=1S/C20H31N3O4/c1-17(24)23(10-7-18-5-3-4-6-19(18)26-2)11-8-20(25)21-9-12-22-13-15-27-16-14-22/h3-6H,7-16H2,1-2H3,(H,21,25). The summed E-state index contributed by atoms with van der Waals surface area (Å²) in [5.74, 6) is 0.777. The van der Waals surface area contributed by atoms with E-state index in [2.05, 4.69) is 10.2 Å². The number of para-hydroxylation sites is 1. The Bertz CT molecular complexity index is 603. The van der Waals surface area contributed by atoms with Gasteiger partial charge in [0.15, 0.2) is 0 Å². The maximum Gasteiger partial charge on any atom is 0.221 e. The number of rotatable bonds is 10. The number of methoxy groups -OCH3 is 1. The molecule has 0 saturated carbocycles. The van der Waals surface area contributed by atoms with Crippen molar-refractivity contribution in [3.63, 3.8) is 0 Å². The highest BCUT2D eigenvalue weighted by atomic mass is 16.5. The second-order valence-electron chi connectivity index (χ2n) is 6.62. The van der Waals surface area contributed by atoms with Crippen LogP contribution >= 0.6 is 0 Å². The first-order valence-electron chi connectivity index (χ1n) is 9.54. The molecule has 1 N–H and O–H groups in total. The number of hydrogen-bond acceptors (Lipinski definition) is 5. The van der Waals surface area contributed by atoms with E-state index >= 15 is 0 Å². The Balaban J connectivity index is 1.70. The molecule has 2 amide bonds. The van der Waals surface area contributed by atoms with Crippen LogP contribution in [0.1, 0.15) is 18.9 Å². The molecule has 1 aromatic rings. The van der Waals surface area contributed by atoms with E-state index in [0.29, 0.717) is 32.5 Å². The summed E-state index contributed by atoms with van der Waals surface area (Å²) in [4.78, 5) is 28.0. The summed E-state index contributed by atoms with van der Waals surface area (Å²) in [5, 5.41) is 2.94. The van der Waals surface area contributed by atoms with Crippen LogP contribution in [-0.4, -0.2) is 81.2 Å². The minimum atomic E-state index is -0.0222. The van der Waals surface area contributed by atoms with Crippen LogP contribution < -0.4 is 10.1 Å². The molecule has 0 spiro atoms. The molecule has 1 aliphatic heterocycles. The smallest absolute Gasteiger partial charge is 0.221 e. The molecule has 1 saturated heterocycles. The van der Waals surface area contributed by atoms with Crippen molar-refractivity contribution in [1.29, 1.82) is 0 Å². The number of carbonyl (C=O) groups excluding carboxylic acids is 2. The SMILES string of the molecule is COc1ccccc1CCN(CCC(=O)NCCN1CCOCC1)C(C)=O. The van der Waals surface area contributed by atoms with E-state index in [1.165, 1.54) is 0 Å². The first-order chi connectivity index (χ1) is 13.1. The van der Waals surface area contributed by atoms with Crippen molar-refractivity contribution >= 4 is 11.8 Å². The maximum atomic E-state index is 12.1. The monoisotopic (exact) mass is 377 g/mol. The number of carbonyl (C=O) groups is 2. The molecular formula is C20H31N3O4. The van der Waals surface area contributed by atoms with Gasteiger partial charge in [0, 0.05) is 52.6 Å². The molecule has 1 fully saturated rings. The Morgan fingerprint density at radius 3 is 2.67 bits per heavy atom. The lowest BCUT2D eigenvalue weighted by Gasteiger charge is -2.26. The summed E-state index contributed by atoms with van der Waals surface area (Å²) in [6, 6.07) is 7.79. The molecule has 1 aromatic carbocycles. The van der Waals surface area contributed by atoms with E-state index in [1.54, 1.807) is 18.9 Å². The van der Waals surface area contributed by atoms with Gasteiger partial charge in [0.25, 0.3) is 0 Å². The molecule has 0 atom stereocenters. The lowest BCUT2D eigenvalue weighted by atomic mass is 10.1. The van der Waals surface area contributed by atoms with Crippen molar-refractivity contribution in [3.8, 4) is 5.75 Å². The van der Waals surface area contributed by atoms with Gasteiger partial charge in [-0.2, -0.15) is 0 Å². The predicted octanol–water partition coefficient (Wildman–Crippen LogP) is 0.925. The predicted molar refractivity (Wildman–Crippen MR) is 104 cm³/mol. The van der Waals surface area contributed by atoms with Crippen molar-refractivity contribution in [1.82, 2.24) is 15.1 Å².